The van der Waals surface area contributed by atoms with Gasteiger partial charge in [0.1, 0.15) is 12.2 Å². The van der Waals surface area contributed by atoms with Crippen molar-refractivity contribution in [3.63, 3.8) is 0 Å². The first-order chi connectivity index (χ1) is 6.52. The molecule has 6 atom stereocenters. The van der Waals surface area contributed by atoms with Crippen LogP contribution in [0, 0.1) is 132 Å². The van der Waals surface area contributed by atoms with Crippen LogP contribution in [-0.2, 0) is 0 Å². The Hall–Kier alpha value is 4.08. The molecule has 2 rings (SSSR count). The zero-order valence-electron chi connectivity index (χ0n) is 9.29. The Labute approximate surface area is 207 Å². The molecule has 3 radical (unpaired) electrons. The summed E-state index contributed by atoms with van der Waals surface area (Å²) in [5.74, 6) is 0. The number of rotatable bonds is 0. The van der Waals surface area contributed by atoms with Crippen LogP contribution in [0.1, 0.15) is 0 Å². The summed E-state index contributed by atoms with van der Waals surface area (Å²) in [5.41, 5.74) is 0. The summed E-state index contributed by atoms with van der Waals surface area (Å²) in [5, 5.41) is 47.2. The molecule has 0 aromatic rings. The summed E-state index contributed by atoms with van der Waals surface area (Å²) in [6, 6.07) is -0.677. The molecule has 91 valence electrons. The van der Waals surface area contributed by atoms with Crippen LogP contribution >= 0.6 is 0 Å². The number of nitrogens with zero attached hydrogens (tertiary/aromatic N) is 1. The predicted molar refractivity (Wildman–Crippen MR) is 45.4 cm³/mol. The number of fused-ring (bicyclic) bond motifs is 1. The minimum Gasteiger partial charge on any atom is -0.389 e. The van der Waals surface area contributed by atoms with Gasteiger partial charge < -0.3 is 25.5 Å². The molecule has 0 bridgehead atoms. The largest absolute Gasteiger partial charge is 0.389 e. The average Bonchev–Trinajstić information content (AvgIpc) is 2.39. The molecule has 0 aliphatic carbocycles. The first-order valence-electron chi connectivity index (χ1n) is 4.66. The molecule has 2 saturated heterocycles. The maximum absolute atomic E-state index is 9.58. The molecule has 0 aromatic heterocycles. The van der Waals surface area contributed by atoms with Crippen molar-refractivity contribution < 1.29 is 158 Å². The van der Waals surface area contributed by atoms with E-state index in [0.717, 1.165) is 0 Å². The van der Waals surface area contributed by atoms with Crippen molar-refractivity contribution in [2.45, 2.75) is 36.6 Å². The summed E-state index contributed by atoms with van der Waals surface area (Å²) in [6.45, 7) is 0.379. The van der Waals surface area contributed by atoms with Crippen LogP contribution in [0.25, 0.3) is 0 Å². The van der Waals surface area contributed by atoms with Gasteiger partial charge in [0.05, 0.1) is 24.4 Å². The fourth-order valence-electron chi connectivity index (χ4n) is 2.31. The Morgan fingerprint density at radius 2 is 1.06 bits per heavy atom. The van der Waals surface area contributed by atoms with E-state index in [1.165, 1.54) is 0 Å². The van der Waals surface area contributed by atoms with Gasteiger partial charge in [0.2, 0.25) is 0 Å². The van der Waals surface area contributed by atoms with Crippen LogP contribution in [0.3, 0.4) is 0 Å². The van der Waals surface area contributed by atoms with Crippen molar-refractivity contribution in [1.82, 2.24) is 4.90 Å². The molecule has 2 aliphatic rings. The van der Waals surface area contributed by atoms with Crippen LogP contribution in [0.4, 0.5) is 0 Å². The second-order valence-electron chi connectivity index (χ2n) is 4.05. The SMILES string of the molecule is O[C@@H]1[C@@H](O)[C@H](O)CN2C[C@@H](O)[C@@H](O)[C@H]12.[Ac].[Ac].[Ac]. The van der Waals surface area contributed by atoms with Crippen molar-refractivity contribution >= 4 is 0 Å². The van der Waals surface area contributed by atoms with E-state index >= 15 is 0 Å². The van der Waals surface area contributed by atoms with Gasteiger partial charge in [-0.05, 0) is 0 Å². The number of hydrogen-bond donors (Lipinski definition) is 5. The van der Waals surface area contributed by atoms with Gasteiger partial charge in [-0.25, -0.2) is 0 Å². The minimum atomic E-state index is -1.25. The van der Waals surface area contributed by atoms with E-state index in [1.54, 1.807) is 4.90 Å². The second kappa shape index (κ2) is 9.97. The van der Waals surface area contributed by atoms with Crippen LogP contribution in [-0.4, -0.2) is 80.1 Å². The minimum absolute atomic E-state index is 0. The first kappa shape index (κ1) is 23.4. The summed E-state index contributed by atoms with van der Waals surface area (Å²) in [7, 11) is 0. The number of aliphatic hydroxyl groups is 5. The van der Waals surface area contributed by atoms with E-state index in [9.17, 15) is 25.5 Å². The van der Waals surface area contributed by atoms with Gasteiger partial charge in [0.15, 0.2) is 0 Å². The topological polar surface area (TPSA) is 104 Å². The summed E-state index contributed by atoms with van der Waals surface area (Å²) in [4.78, 5) is 1.59. The molecule has 2 heterocycles. The molecule has 0 spiro atoms. The third kappa shape index (κ3) is 5.04. The molecule has 0 saturated carbocycles. The normalized spacial score (nSPS) is 45.0. The maximum atomic E-state index is 9.58. The first-order valence-corrected chi connectivity index (χ1v) is 4.66. The smallest absolute Gasteiger partial charge is 0.109 e. The van der Waals surface area contributed by atoms with E-state index in [2.05, 4.69) is 0 Å². The summed E-state index contributed by atoms with van der Waals surface area (Å²) >= 11 is 0. The van der Waals surface area contributed by atoms with Gasteiger partial charge in [0.25, 0.3) is 0 Å². The molecule has 2 aliphatic heterocycles. The standard InChI is InChI=1S/C8H15NO5.3Ac/c10-3-1-9-2-4(11)7(13)8(14)5(9)6(3)12;;;/h3-8,10-14H,1-2H2;;;/t3-,4-,5-,6-,7+,8+;;;/m1.../s1. The van der Waals surface area contributed by atoms with Gasteiger partial charge >= 0.3 is 0 Å². The summed E-state index contributed by atoms with van der Waals surface area (Å²) < 4.78 is 0. The summed E-state index contributed by atoms with van der Waals surface area (Å²) in [6.07, 6.45) is -5.49. The quantitative estimate of drug-likeness (QED) is 0.173. The van der Waals surface area contributed by atoms with Crippen LogP contribution in [0.2, 0.25) is 0 Å². The molecule has 0 amide bonds. The molecular weight excluding hydrogens is 871 g/mol. The molecular formula is C8H15Ac3NO5. The van der Waals surface area contributed by atoms with E-state index in [1.807, 2.05) is 0 Å². The van der Waals surface area contributed by atoms with Crippen molar-refractivity contribution in [3.8, 4) is 0 Å². The Kier molecular flexibility index (Phi) is 13.7. The van der Waals surface area contributed by atoms with Crippen LogP contribution in [0.15, 0.2) is 0 Å². The van der Waals surface area contributed by atoms with E-state index in [4.69, 9.17) is 0 Å². The molecule has 0 unspecified atom stereocenters. The molecule has 9 heteroatoms. The van der Waals surface area contributed by atoms with Gasteiger partial charge in [-0.1, -0.05) is 0 Å². The molecule has 2 fully saturated rings. The number of hydrogen-bond acceptors (Lipinski definition) is 6. The van der Waals surface area contributed by atoms with Gasteiger partial charge in [-0.15, -0.1) is 0 Å². The van der Waals surface area contributed by atoms with Crippen LogP contribution < -0.4 is 0 Å². The average molecular weight is 886 g/mol. The maximum Gasteiger partial charge on any atom is 0.109 e. The third-order valence-electron chi connectivity index (χ3n) is 3.10. The second-order valence-corrected chi connectivity index (χ2v) is 4.05. The Bertz CT molecular complexity index is 235. The molecule has 5 N–H and O–H groups in total. The predicted octanol–water partition coefficient (Wildman–Crippen LogP) is -3.51. The monoisotopic (exact) mass is 886 g/mol. The van der Waals surface area contributed by atoms with Gasteiger partial charge in [-0.3, -0.25) is 4.90 Å². The molecule has 6 nitrogen and oxygen atoms in total. The van der Waals surface area contributed by atoms with Crippen LogP contribution in [0.5, 0.6) is 0 Å². The van der Waals surface area contributed by atoms with Crippen molar-refractivity contribution in [3.05, 3.63) is 0 Å². The fraction of sp³-hybridized carbons (Fsp3) is 1.00. The van der Waals surface area contributed by atoms with E-state index < -0.39 is 36.6 Å². The molecule has 17 heavy (non-hydrogen) atoms. The van der Waals surface area contributed by atoms with E-state index in [-0.39, 0.29) is 145 Å². The Morgan fingerprint density at radius 1 is 0.647 bits per heavy atom. The van der Waals surface area contributed by atoms with Gasteiger partial charge in [-0.2, -0.15) is 0 Å². The molecule has 0 aromatic carbocycles. The van der Waals surface area contributed by atoms with Gasteiger partial charge in [0, 0.05) is 145 Å². The number of piperidine rings is 1. The Balaban J connectivity index is 0. The number of aliphatic hydroxyl groups excluding tert-OH is 5. The van der Waals surface area contributed by atoms with Crippen molar-refractivity contribution in [2.75, 3.05) is 13.1 Å². The van der Waals surface area contributed by atoms with E-state index in [0.29, 0.717) is 0 Å². The van der Waals surface area contributed by atoms with Crippen molar-refractivity contribution in [2.24, 2.45) is 0 Å². The zero-order chi connectivity index (χ0) is 10.5. The van der Waals surface area contributed by atoms with Crippen molar-refractivity contribution in [1.29, 1.82) is 0 Å². The Morgan fingerprint density at radius 3 is 1.53 bits per heavy atom. The zero-order valence-corrected chi connectivity index (χ0v) is 23.5. The third-order valence-corrected chi connectivity index (χ3v) is 3.10. The fourth-order valence-corrected chi connectivity index (χ4v) is 2.31.